The number of hydrogen-bond acceptors (Lipinski definition) is 6. The number of nitrogens with one attached hydrogen (secondary N) is 1. The molecule has 0 spiro atoms. The van der Waals surface area contributed by atoms with Gasteiger partial charge in [-0.2, -0.15) is 18.2 Å². The number of hydrogen-bond donors (Lipinski definition) is 2. The minimum absolute atomic E-state index is 0.0436. The highest BCUT2D eigenvalue weighted by Gasteiger charge is 2.31. The number of aromatic nitrogens is 4. The number of halogens is 3. The second-order valence-corrected chi connectivity index (χ2v) is 10.6. The van der Waals surface area contributed by atoms with Crippen molar-refractivity contribution in [3.05, 3.63) is 71.0 Å². The number of carbonyl (C=O) groups is 1. The van der Waals surface area contributed by atoms with Crippen LogP contribution in [0.4, 0.5) is 30.6 Å². The number of anilines is 3. The second kappa shape index (κ2) is 10.1. The first-order chi connectivity index (χ1) is 19.2. The smallest absolute Gasteiger partial charge is 0.416 e. The van der Waals surface area contributed by atoms with Crippen LogP contribution in [0.2, 0.25) is 0 Å². The van der Waals surface area contributed by atoms with Gasteiger partial charge in [0.15, 0.2) is 11.5 Å². The van der Waals surface area contributed by atoms with Crippen molar-refractivity contribution in [1.29, 1.82) is 0 Å². The Morgan fingerprint density at radius 2 is 1.82 bits per heavy atom. The number of para-hydroxylation sites is 1. The Hall–Kier alpha value is -4.15. The van der Waals surface area contributed by atoms with Crippen LogP contribution in [0.3, 0.4) is 0 Å². The summed E-state index contributed by atoms with van der Waals surface area (Å²) >= 11 is 0. The van der Waals surface area contributed by atoms with Gasteiger partial charge in [0.1, 0.15) is 5.52 Å². The van der Waals surface area contributed by atoms with Gasteiger partial charge in [-0.3, -0.25) is 0 Å². The maximum Gasteiger partial charge on any atom is 0.416 e. The summed E-state index contributed by atoms with van der Waals surface area (Å²) in [4.78, 5) is 27.5. The van der Waals surface area contributed by atoms with Gasteiger partial charge in [0.25, 0.3) is 0 Å². The Labute approximate surface area is 228 Å². The van der Waals surface area contributed by atoms with Crippen LogP contribution in [-0.4, -0.2) is 43.2 Å². The highest BCUT2D eigenvalue weighted by Crippen LogP contribution is 2.38. The fraction of sp³-hybridized carbons (Fsp3) is 0.379. The molecule has 1 atom stereocenters. The molecule has 40 heavy (non-hydrogen) atoms. The molecule has 0 bridgehead atoms. The molecule has 2 aromatic carbocycles. The van der Waals surface area contributed by atoms with Crippen LogP contribution in [0.1, 0.15) is 59.9 Å². The predicted octanol–water partition coefficient (Wildman–Crippen LogP) is 6.28. The highest BCUT2D eigenvalue weighted by atomic mass is 19.4. The minimum Gasteiger partial charge on any atom is -0.475 e. The van der Waals surface area contributed by atoms with Crippen molar-refractivity contribution in [3.63, 3.8) is 0 Å². The van der Waals surface area contributed by atoms with Crippen molar-refractivity contribution in [2.45, 2.75) is 57.8 Å². The van der Waals surface area contributed by atoms with Crippen LogP contribution >= 0.6 is 0 Å². The van der Waals surface area contributed by atoms with E-state index in [0.717, 1.165) is 55.5 Å². The fourth-order valence-corrected chi connectivity index (χ4v) is 5.57. The van der Waals surface area contributed by atoms with E-state index in [1.165, 1.54) is 12.1 Å². The van der Waals surface area contributed by atoms with Gasteiger partial charge >= 0.3 is 12.1 Å². The van der Waals surface area contributed by atoms with E-state index in [0.29, 0.717) is 35.3 Å². The van der Waals surface area contributed by atoms with Gasteiger partial charge < -0.3 is 19.9 Å². The molecule has 2 aliphatic rings. The molecule has 2 aromatic heterocycles. The summed E-state index contributed by atoms with van der Waals surface area (Å²) in [5.41, 5.74) is 2.81. The standard InChI is InChI=1S/C29H29F3N6O2/c1-17(19-7-4-8-19)33-24-23-25(35-26(34-24)27(39)40)36-28(37-15-5-9-20-6-2-3-10-22(20)37)38(23)16-18-11-13-21(14-12-18)29(30,31)32/h2-3,6,10-14,17,19H,4-5,7-9,15-16H2,1H3,(H,39,40)(H,33,34,35)/t17-/m1/s1. The predicted molar refractivity (Wildman–Crippen MR) is 145 cm³/mol. The zero-order valence-corrected chi connectivity index (χ0v) is 21.9. The molecule has 1 fully saturated rings. The molecule has 1 aliphatic carbocycles. The summed E-state index contributed by atoms with van der Waals surface area (Å²) in [6, 6.07) is 13.1. The average molecular weight is 551 g/mol. The maximum atomic E-state index is 13.2. The summed E-state index contributed by atoms with van der Waals surface area (Å²) in [6.07, 6.45) is 0.680. The zero-order valence-electron chi connectivity index (χ0n) is 21.9. The van der Waals surface area contributed by atoms with Gasteiger partial charge in [0.2, 0.25) is 11.8 Å². The summed E-state index contributed by atoms with van der Waals surface area (Å²) in [5.74, 6) is -0.280. The Morgan fingerprint density at radius 3 is 2.50 bits per heavy atom. The van der Waals surface area contributed by atoms with Crippen molar-refractivity contribution in [1.82, 2.24) is 19.5 Å². The molecule has 0 unspecified atom stereocenters. The fourth-order valence-electron chi connectivity index (χ4n) is 5.57. The number of benzene rings is 2. The first-order valence-corrected chi connectivity index (χ1v) is 13.5. The number of carboxylic acid groups (broad SMARTS) is 1. The van der Waals surface area contributed by atoms with Crippen LogP contribution in [0.25, 0.3) is 11.2 Å². The molecule has 6 rings (SSSR count). The SMILES string of the molecule is C[C@@H](Nc1nc(C(=O)O)nc2nc(N3CCCc4ccccc43)n(Cc3ccc(C(F)(F)F)cc3)c12)C1CCC1. The van der Waals surface area contributed by atoms with Crippen molar-refractivity contribution < 1.29 is 23.1 Å². The molecule has 208 valence electrons. The molecule has 0 radical (unpaired) electrons. The topological polar surface area (TPSA) is 96.2 Å². The van der Waals surface area contributed by atoms with Gasteiger partial charge in [-0.15, -0.1) is 0 Å². The van der Waals surface area contributed by atoms with Gasteiger partial charge in [-0.05, 0) is 67.9 Å². The third kappa shape index (κ3) is 4.84. The number of fused-ring (bicyclic) bond motifs is 2. The first-order valence-electron chi connectivity index (χ1n) is 13.5. The molecule has 1 saturated carbocycles. The molecule has 2 N–H and O–H groups in total. The third-order valence-corrected chi connectivity index (χ3v) is 7.97. The first kappa shape index (κ1) is 26.1. The Bertz CT molecular complexity index is 1560. The van der Waals surface area contributed by atoms with Crippen molar-refractivity contribution in [3.8, 4) is 0 Å². The van der Waals surface area contributed by atoms with Gasteiger partial charge in [0, 0.05) is 18.3 Å². The largest absolute Gasteiger partial charge is 0.475 e. The normalized spacial score (nSPS) is 16.4. The lowest BCUT2D eigenvalue weighted by Crippen LogP contribution is -2.31. The molecule has 4 aromatic rings. The van der Waals surface area contributed by atoms with Crippen LogP contribution in [0.5, 0.6) is 0 Å². The number of nitrogens with zero attached hydrogens (tertiary/aromatic N) is 5. The van der Waals surface area contributed by atoms with Crippen molar-refractivity contribution in [2.75, 3.05) is 16.8 Å². The van der Waals surface area contributed by atoms with E-state index < -0.39 is 17.7 Å². The number of rotatable bonds is 7. The van der Waals surface area contributed by atoms with Crippen LogP contribution in [0.15, 0.2) is 48.5 Å². The molecule has 0 saturated heterocycles. The molecule has 8 nitrogen and oxygen atoms in total. The lowest BCUT2D eigenvalue weighted by molar-refractivity contribution is -0.137. The summed E-state index contributed by atoms with van der Waals surface area (Å²) in [6.45, 7) is 2.93. The molecule has 3 heterocycles. The number of carboxylic acids is 1. The average Bonchev–Trinajstić information content (AvgIpc) is 3.25. The number of imidazole rings is 1. The molecule has 1 aliphatic heterocycles. The van der Waals surface area contributed by atoms with E-state index in [1.807, 2.05) is 22.8 Å². The van der Waals surface area contributed by atoms with Crippen LogP contribution in [-0.2, 0) is 19.1 Å². The lowest BCUT2D eigenvalue weighted by Gasteiger charge is -2.32. The third-order valence-electron chi connectivity index (χ3n) is 7.97. The monoisotopic (exact) mass is 550 g/mol. The highest BCUT2D eigenvalue weighted by molar-refractivity contribution is 5.92. The molecular formula is C29H29F3N6O2. The van der Waals surface area contributed by atoms with E-state index >= 15 is 0 Å². The van der Waals surface area contributed by atoms with Gasteiger partial charge in [-0.1, -0.05) is 36.8 Å². The van der Waals surface area contributed by atoms with Gasteiger partial charge in [-0.25, -0.2) is 14.8 Å². The number of aryl methyl sites for hydroxylation is 1. The van der Waals surface area contributed by atoms with E-state index in [9.17, 15) is 23.1 Å². The maximum absolute atomic E-state index is 13.2. The van der Waals surface area contributed by atoms with Crippen molar-refractivity contribution >= 4 is 34.6 Å². The quantitative estimate of drug-likeness (QED) is 0.280. The Kier molecular flexibility index (Phi) is 6.59. The van der Waals surface area contributed by atoms with Gasteiger partial charge in [0.05, 0.1) is 12.1 Å². The van der Waals surface area contributed by atoms with E-state index in [2.05, 4.69) is 33.2 Å². The zero-order chi connectivity index (χ0) is 28.0. The van der Waals surface area contributed by atoms with Crippen LogP contribution in [0, 0.1) is 5.92 Å². The van der Waals surface area contributed by atoms with E-state index in [1.54, 1.807) is 0 Å². The van der Waals surface area contributed by atoms with E-state index in [4.69, 9.17) is 4.98 Å². The number of alkyl halides is 3. The van der Waals surface area contributed by atoms with Crippen LogP contribution < -0.4 is 10.2 Å². The summed E-state index contributed by atoms with van der Waals surface area (Å²) in [7, 11) is 0. The molecular weight excluding hydrogens is 521 g/mol. The van der Waals surface area contributed by atoms with Crippen molar-refractivity contribution in [2.24, 2.45) is 5.92 Å². The lowest BCUT2D eigenvalue weighted by atomic mass is 9.80. The summed E-state index contributed by atoms with van der Waals surface area (Å²) in [5, 5.41) is 13.2. The van der Waals surface area contributed by atoms with E-state index in [-0.39, 0.29) is 24.1 Å². The number of aromatic carboxylic acids is 1. The molecule has 11 heteroatoms. The Balaban J connectivity index is 1.52. The Morgan fingerprint density at radius 1 is 1.07 bits per heavy atom. The minimum atomic E-state index is -4.43. The second-order valence-electron chi connectivity index (χ2n) is 10.6. The summed E-state index contributed by atoms with van der Waals surface area (Å²) < 4.78 is 41.6. The molecule has 0 amide bonds.